The molecule has 0 fully saturated rings. The minimum absolute atomic E-state index is 0.182. The van der Waals surface area contributed by atoms with Gasteiger partial charge in [0.25, 0.3) is 5.91 Å². The fourth-order valence-corrected chi connectivity index (χ4v) is 4.22. The number of ether oxygens (including phenoxy) is 1. The van der Waals surface area contributed by atoms with E-state index in [0.717, 1.165) is 27.8 Å². The van der Waals surface area contributed by atoms with E-state index in [9.17, 15) is 9.59 Å². The summed E-state index contributed by atoms with van der Waals surface area (Å²) in [5, 5.41) is 3.44. The molecule has 0 aromatic heterocycles. The van der Waals surface area contributed by atoms with Crippen molar-refractivity contribution >= 4 is 23.4 Å². The summed E-state index contributed by atoms with van der Waals surface area (Å²) in [4.78, 5) is 28.4. The fraction of sp³-hybridized carbons (Fsp3) is 0.310. The van der Waals surface area contributed by atoms with Crippen LogP contribution in [0.3, 0.4) is 0 Å². The van der Waals surface area contributed by atoms with Crippen molar-refractivity contribution in [1.29, 1.82) is 0 Å². The van der Waals surface area contributed by atoms with Crippen LogP contribution < -0.4 is 10.1 Å². The Balaban J connectivity index is 1.93. The van der Waals surface area contributed by atoms with Crippen LogP contribution in [0.5, 0.6) is 5.75 Å². The lowest BCUT2D eigenvalue weighted by Crippen LogP contribution is -2.51. The number of hydrogen-bond acceptors (Lipinski definition) is 3. The van der Waals surface area contributed by atoms with E-state index in [4.69, 9.17) is 16.3 Å². The quantitative estimate of drug-likeness (QED) is 0.411. The van der Waals surface area contributed by atoms with Crippen LogP contribution in [0.15, 0.2) is 66.7 Å². The van der Waals surface area contributed by atoms with E-state index in [0.29, 0.717) is 23.7 Å². The van der Waals surface area contributed by atoms with Gasteiger partial charge in [-0.05, 0) is 67.6 Å². The molecule has 0 aliphatic heterocycles. The number of aryl methyl sites for hydroxylation is 2. The van der Waals surface area contributed by atoms with Gasteiger partial charge in [-0.25, -0.2) is 0 Å². The number of nitrogens with zero attached hydrogens (tertiary/aromatic N) is 1. The summed E-state index contributed by atoms with van der Waals surface area (Å²) in [6.45, 7) is 8.34. The fourth-order valence-electron chi connectivity index (χ4n) is 4.03. The topological polar surface area (TPSA) is 58.6 Å². The smallest absolute Gasteiger partial charge is 0.261 e. The van der Waals surface area contributed by atoms with Crippen molar-refractivity contribution in [2.75, 3.05) is 13.2 Å². The van der Waals surface area contributed by atoms with Crippen molar-refractivity contribution in [3.63, 3.8) is 0 Å². The van der Waals surface area contributed by atoms with Crippen molar-refractivity contribution in [3.05, 3.63) is 99.6 Å². The van der Waals surface area contributed by atoms with Crippen LogP contribution in [0.1, 0.15) is 34.7 Å². The maximum atomic E-state index is 13.6. The van der Waals surface area contributed by atoms with Crippen LogP contribution in [-0.2, 0) is 22.6 Å². The summed E-state index contributed by atoms with van der Waals surface area (Å²) in [5.74, 6) is 0.182. The minimum Gasteiger partial charge on any atom is -0.483 e. The highest BCUT2D eigenvalue weighted by Crippen LogP contribution is 2.24. The van der Waals surface area contributed by atoms with Gasteiger partial charge in [0.05, 0.1) is 0 Å². The van der Waals surface area contributed by atoms with Crippen LogP contribution in [0.2, 0.25) is 5.02 Å². The van der Waals surface area contributed by atoms with E-state index < -0.39 is 6.04 Å². The molecule has 35 heavy (non-hydrogen) atoms. The van der Waals surface area contributed by atoms with Crippen LogP contribution in [0.4, 0.5) is 0 Å². The number of rotatable bonds is 10. The molecular weight excluding hydrogens is 460 g/mol. The molecule has 184 valence electrons. The first kappa shape index (κ1) is 26.3. The molecule has 0 radical (unpaired) electrons. The molecule has 0 spiro atoms. The summed E-state index contributed by atoms with van der Waals surface area (Å²) in [7, 11) is 0. The Labute approximate surface area is 213 Å². The van der Waals surface area contributed by atoms with Gasteiger partial charge in [0.15, 0.2) is 6.61 Å². The largest absolute Gasteiger partial charge is 0.483 e. The molecule has 0 saturated carbocycles. The molecule has 0 heterocycles. The summed E-state index contributed by atoms with van der Waals surface area (Å²) >= 11 is 6.44. The van der Waals surface area contributed by atoms with Gasteiger partial charge in [0.1, 0.15) is 11.8 Å². The maximum absolute atomic E-state index is 13.6. The third-order valence-electron chi connectivity index (χ3n) is 6.04. The van der Waals surface area contributed by atoms with Gasteiger partial charge in [0, 0.05) is 24.5 Å². The zero-order chi connectivity index (χ0) is 25.4. The Hall–Kier alpha value is -3.31. The summed E-state index contributed by atoms with van der Waals surface area (Å²) in [6, 6.07) is 20.4. The van der Waals surface area contributed by atoms with E-state index in [-0.39, 0.29) is 25.0 Å². The normalized spacial score (nSPS) is 11.6. The Morgan fingerprint density at radius 2 is 1.69 bits per heavy atom. The highest BCUT2D eigenvalue weighted by molar-refractivity contribution is 6.31. The molecule has 5 nitrogen and oxygen atoms in total. The second kappa shape index (κ2) is 12.4. The molecule has 3 rings (SSSR count). The van der Waals surface area contributed by atoms with Gasteiger partial charge in [0.2, 0.25) is 5.91 Å². The van der Waals surface area contributed by atoms with Crippen LogP contribution in [-0.4, -0.2) is 35.9 Å². The molecule has 2 amide bonds. The van der Waals surface area contributed by atoms with E-state index in [1.165, 1.54) is 0 Å². The third kappa shape index (κ3) is 7.09. The monoisotopic (exact) mass is 492 g/mol. The minimum atomic E-state index is -0.718. The molecule has 3 aromatic rings. The molecule has 1 N–H and O–H groups in total. The lowest BCUT2D eigenvalue weighted by molar-refractivity contribution is -0.142. The number of amides is 2. The predicted molar refractivity (Wildman–Crippen MR) is 141 cm³/mol. The molecular formula is C29H33ClN2O3. The highest BCUT2D eigenvalue weighted by atomic mass is 35.5. The van der Waals surface area contributed by atoms with Crippen LogP contribution >= 0.6 is 11.6 Å². The lowest BCUT2D eigenvalue weighted by Gasteiger charge is -2.31. The number of likely N-dealkylation sites (N-methyl/N-ethyl adjacent to an activating group) is 1. The number of carbonyl (C=O) groups is 2. The molecule has 1 atom stereocenters. The first-order chi connectivity index (χ1) is 16.8. The molecule has 3 aromatic carbocycles. The SMILES string of the molecule is CCNC(=O)[C@H](Cc1ccccc1)N(Cc1ccccc1Cl)C(=O)COc1cc(C)cc(C)c1C. The van der Waals surface area contributed by atoms with E-state index in [2.05, 4.69) is 11.4 Å². The Morgan fingerprint density at radius 1 is 1.00 bits per heavy atom. The number of carbonyl (C=O) groups excluding carboxylic acids is 2. The molecule has 6 heteroatoms. The number of halogens is 1. The van der Waals surface area contributed by atoms with Gasteiger partial charge in [-0.2, -0.15) is 0 Å². The van der Waals surface area contributed by atoms with Crippen molar-refractivity contribution in [1.82, 2.24) is 10.2 Å². The van der Waals surface area contributed by atoms with Crippen molar-refractivity contribution in [2.24, 2.45) is 0 Å². The second-order valence-electron chi connectivity index (χ2n) is 8.71. The van der Waals surface area contributed by atoms with E-state index >= 15 is 0 Å². The lowest BCUT2D eigenvalue weighted by atomic mass is 10.0. The third-order valence-corrected chi connectivity index (χ3v) is 6.40. The average Bonchev–Trinajstić information content (AvgIpc) is 2.84. The number of benzene rings is 3. The van der Waals surface area contributed by atoms with Gasteiger partial charge < -0.3 is 15.0 Å². The van der Waals surface area contributed by atoms with Gasteiger partial charge in [-0.3, -0.25) is 9.59 Å². The Bertz CT molecular complexity index is 1160. The molecule has 0 bridgehead atoms. The first-order valence-electron chi connectivity index (χ1n) is 11.8. The first-order valence-corrected chi connectivity index (χ1v) is 12.2. The maximum Gasteiger partial charge on any atom is 0.261 e. The standard InChI is InChI=1S/C29H33ClN2O3/c1-5-31-29(34)26(17-23-11-7-6-8-12-23)32(18-24-13-9-10-14-25(24)30)28(33)19-35-27-16-20(2)15-21(3)22(27)4/h6-16,26H,5,17-19H2,1-4H3,(H,31,34)/t26-/m0/s1. The van der Waals surface area contributed by atoms with Crippen LogP contribution in [0.25, 0.3) is 0 Å². The predicted octanol–water partition coefficient (Wildman–Crippen LogP) is 5.42. The van der Waals surface area contributed by atoms with Crippen molar-refractivity contribution in [3.8, 4) is 5.75 Å². The molecule has 0 aliphatic rings. The Morgan fingerprint density at radius 3 is 2.37 bits per heavy atom. The summed E-state index contributed by atoms with van der Waals surface area (Å²) in [5.41, 5.74) is 4.89. The van der Waals surface area contributed by atoms with Gasteiger partial charge in [-0.1, -0.05) is 66.2 Å². The van der Waals surface area contributed by atoms with Gasteiger partial charge >= 0.3 is 0 Å². The highest BCUT2D eigenvalue weighted by Gasteiger charge is 2.31. The Kier molecular flexibility index (Phi) is 9.32. The zero-order valence-corrected chi connectivity index (χ0v) is 21.6. The van der Waals surface area contributed by atoms with Crippen LogP contribution in [0, 0.1) is 20.8 Å². The average molecular weight is 493 g/mol. The van der Waals surface area contributed by atoms with Gasteiger partial charge in [-0.15, -0.1) is 0 Å². The molecule has 0 aliphatic carbocycles. The van der Waals surface area contributed by atoms with E-state index in [1.807, 2.05) is 82.3 Å². The summed E-state index contributed by atoms with van der Waals surface area (Å²) in [6.07, 6.45) is 0.380. The molecule has 0 saturated heterocycles. The van der Waals surface area contributed by atoms with Crippen molar-refractivity contribution in [2.45, 2.75) is 46.7 Å². The van der Waals surface area contributed by atoms with Crippen molar-refractivity contribution < 1.29 is 14.3 Å². The second-order valence-corrected chi connectivity index (χ2v) is 9.11. The van der Waals surface area contributed by atoms with E-state index in [1.54, 1.807) is 11.0 Å². The number of hydrogen-bond donors (Lipinski definition) is 1. The number of nitrogens with one attached hydrogen (secondary N) is 1. The summed E-state index contributed by atoms with van der Waals surface area (Å²) < 4.78 is 5.99. The zero-order valence-electron chi connectivity index (χ0n) is 20.8. The molecule has 0 unspecified atom stereocenters.